The Morgan fingerprint density at radius 3 is 2.52 bits per heavy atom. The van der Waals surface area contributed by atoms with Crippen LogP contribution >= 0.6 is 0 Å². The molecule has 0 bridgehead atoms. The van der Waals surface area contributed by atoms with Gasteiger partial charge in [-0.2, -0.15) is 0 Å². The topological polar surface area (TPSA) is 42.0 Å². The van der Waals surface area contributed by atoms with Gasteiger partial charge in [-0.25, -0.2) is 9.37 Å². The molecule has 5 heteroatoms. The van der Waals surface area contributed by atoms with E-state index in [0.717, 1.165) is 22.5 Å². The molecule has 0 amide bonds. The highest BCUT2D eigenvalue weighted by molar-refractivity contribution is 5.75. The molecular weight excluding hydrogens is 339 g/mol. The smallest absolute Gasteiger partial charge is 0.187 e. The molecule has 0 aliphatic heterocycles. The van der Waals surface area contributed by atoms with E-state index in [9.17, 15) is 4.39 Å². The lowest BCUT2D eigenvalue weighted by molar-refractivity contribution is 0.628. The van der Waals surface area contributed by atoms with Crippen molar-refractivity contribution in [1.82, 2.24) is 9.38 Å². The molecule has 0 saturated heterocycles. The van der Waals surface area contributed by atoms with Crippen LogP contribution in [0.3, 0.4) is 0 Å². The first-order chi connectivity index (χ1) is 13.0. The number of hydrogen-bond acceptors (Lipinski definition) is 3. The molecule has 0 saturated carbocycles. The summed E-state index contributed by atoms with van der Waals surface area (Å²) in [5, 5.41) is 8.66. The number of benzene rings is 2. The Bertz CT molecular complexity index is 1170. The Labute approximate surface area is 157 Å². The number of azo groups is 1. The summed E-state index contributed by atoms with van der Waals surface area (Å²) < 4.78 is 15.3. The molecule has 2 aromatic carbocycles. The summed E-state index contributed by atoms with van der Waals surface area (Å²) in [5.41, 5.74) is 6.53. The number of imidazole rings is 1. The van der Waals surface area contributed by atoms with E-state index >= 15 is 0 Å². The van der Waals surface area contributed by atoms with Crippen LogP contribution in [-0.4, -0.2) is 9.38 Å². The van der Waals surface area contributed by atoms with Crippen LogP contribution in [0.5, 0.6) is 0 Å². The van der Waals surface area contributed by atoms with Crippen molar-refractivity contribution >= 4 is 17.2 Å². The highest BCUT2D eigenvalue weighted by atomic mass is 19.1. The van der Waals surface area contributed by atoms with Crippen LogP contribution in [0.25, 0.3) is 16.9 Å². The fourth-order valence-corrected chi connectivity index (χ4v) is 2.95. The zero-order valence-electron chi connectivity index (χ0n) is 15.4. The van der Waals surface area contributed by atoms with Gasteiger partial charge in [0.25, 0.3) is 0 Å². The molecule has 4 rings (SSSR count). The third kappa shape index (κ3) is 3.36. The van der Waals surface area contributed by atoms with E-state index < -0.39 is 0 Å². The summed E-state index contributed by atoms with van der Waals surface area (Å²) in [5.74, 6) is 0.284. The third-order valence-electron chi connectivity index (χ3n) is 4.61. The zero-order valence-corrected chi connectivity index (χ0v) is 15.4. The molecule has 4 nitrogen and oxygen atoms in total. The normalized spacial score (nSPS) is 11.6. The zero-order chi connectivity index (χ0) is 19.0. The number of pyridine rings is 1. The average molecular weight is 358 g/mol. The molecule has 0 aliphatic rings. The molecule has 134 valence electrons. The summed E-state index contributed by atoms with van der Waals surface area (Å²) in [6.07, 6.45) is 1.93. The van der Waals surface area contributed by atoms with Crippen molar-refractivity contribution in [1.29, 1.82) is 0 Å². The highest BCUT2D eigenvalue weighted by Gasteiger charge is 2.15. The lowest BCUT2D eigenvalue weighted by Crippen LogP contribution is -1.85. The van der Waals surface area contributed by atoms with Gasteiger partial charge < -0.3 is 0 Å². The molecule has 0 radical (unpaired) electrons. The third-order valence-corrected chi connectivity index (χ3v) is 4.61. The Morgan fingerprint density at radius 2 is 1.74 bits per heavy atom. The van der Waals surface area contributed by atoms with Crippen LogP contribution in [-0.2, 0) is 0 Å². The van der Waals surface area contributed by atoms with Gasteiger partial charge in [0, 0.05) is 17.8 Å². The number of fused-ring (bicyclic) bond motifs is 1. The molecule has 0 N–H and O–H groups in total. The standard InChI is InChI=1S/C22H19FN4/c1-14-9-10-27-20(11-14)24-21(17-8-7-15(2)16(3)12-17)22(27)26-25-19-6-4-5-18(23)13-19/h4-13H,1-3H3. The fraction of sp³-hybridized carbons (Fsp3) is 0.136. The van der Waals surface area contributed by atoms with E-state index in [0.29, 0.717) is 11.5 Å². The second-order valence-electron chi connectivity index (χ2n) is 6.70. The fourth-order valence-electron chi connectivity index (χ4n) is 2.95. The van der Waals surface area contributed by atoms with Gasteiger partial charge in [-0.05, 0) is 67.8 Å². The number of aryl methyl sites for hydroxylation is 3. The van der Waals surface area contributed by atoms with Crippen LogP contribution in [0, 0.1) is 26.6 Å². The molecular formula is C22H19FN4. The van der Waals surface area contributed by atoms with Crippen molar-refractivity contribution in [3.63, 3.8) is 0 Å². The molecule has 0 spiro atoms. The first-order valence-electron chi connectivity index (χ1n) is 8.75. The van der Waals surface area contributed by atoms with Crippen molar-refractivity contribution in [3.8, 4) is 11.3 Å². The minimum atomic E-state index is -0.338. The van der Waals surface area contributed by atoms with Crippen molar-refractivity contribution < 1.29 is 4.39 Å². The minimum Gasteiger partial charge on any atom is -0.283 e. The number of hydrogen-bond donors (Lipinski definition) is 0. The van der Waals surface area contributed by atoms with Crippen LogP contribution in [0.15, 0.2) is 71.0 Å². The molecule has 0 unspecified atom stereocenters. The molecule has 0 atom stereocenters. The SMILES string of the molecule is Cc1ccn2c(N=Nc3cccc(F)c3)c(-c3ccc(C)c(C)c3)nc2c1. The van der Waals surface area contributed by atoms with Crippen molar-refractivity contribution in [2.24, 2.45) is 10.2 Å². The first-order valence-corrected chi connectivity index (χ1v) is 8.75. The van der Waals surface area contributed by atoms with E-state index in [-0.39, 0.29) is 5.82 Å². The van der Waals surface area contributed by atoms with Crippen LogP contribution in [0.4, 0.5) is 15.9 Å². The van der Waals surface area contributed by atoms with Crippen LogP contribution in [0.1, 0.15) is 16.7 Å². The number of rotatable bonds is 3. The highest BCUT2D eigenvalue weighted by Crippen LogP contribution is 2.33. The van der Waals surface area contributed by atoms with E-state index in [1.165, 1.54) is 23.3 Å². The van der Waals surface area contributed by atoms with Crippen molar-refractivity contribution in [2.75, 3.05) is 0 Å². The monoisotopic (exact) mass is 358 g/mol. The lowest BCUT2D eigenvalue weighted by Gasteiger charge is -2.04. The number of halogens is 1. The van der Waals surface area contributed by atoms with E-state index in [1.807, 2.05) is 35.7 Å². The lowest BCUT2D eigenvalue weighted by atomic mass is 10.0. The van der Waals surface area contributed by atoms with Gasteiger partial charge in [0.2, 0.25) is 0 Å². The second-order valence-corrected chi connectivity index (χ2v) is 6.70. The molecule has 27 heavy (non-hydrogen) atoms. The van der Waals surface area contributed by atoms with Gasteiger partial charge in [0.15, 0.2) is 5.82 Å². The summed E-state index contributed by atoms with van der Waals surface area (Å²) in [6, 6.07) is 16.3. The summed E-state index contributed by atoms with van der Waals surface area (Å²) >= 11 is 0. The van der Waals surface area contributed by atoms with Gasteiger partial charge >= 0.3 is 0 Å². The van der Waals surface area contributed by atoms with E-state index in [1.54, 1.807) is 12.1 Å². The van der Waals surface area contributed by atoms with Gasteiger partial charge in [-0.3, -0.25) is 4.40 Å². The maximum absolute atomic E-state index is 13.4. The van der Waals surface area contributed by atoms with Gasteiger partial charge in [0.05, 0.1) is 5.69 Å². The Hall–Kier alpha value is -3.34. The van der Waals surface area contributed by atoms with Crippen molar-refractivity contribution in [3.05, 3.63) is 83.3 Å². The summed E-state index contributed by atoms with van der Waals surface area (Å²) in [7, 11) is 0. The molecule has 2 heterocycles. The average Bonchev–Trinajstić information content (AvgIpc) is 3.00. The first kappa shape index (κ1) is 17.1. The summed E-state index contributed by atoms with van der Waals surface area (Å²) in [6.45, 7) is 6.18. The van der Waals surface area contributed by atoms with Crippen molar-refractivity contribution in [2.45, 2.75) is 20.8 Å². The second kappa shape index (κ2) is 6.76. The van der Waals surface area contributed by atoms with Gasteiger partial charge in [-0.15, -0.1) is 10.2 Å². The quantitative estimate of drug-likeness (QED) is 0.386. The Kier molecular flexibility index (Phi) is 4.28. The summed E-state index contributed by atoms with van der Waals surface area (Å²) in [4.78, 5) is 4.78. The number of aromatic nitrogens is 2. The minimum absolute atomic E-state index is 0.338. The largest absolute Gasteiger partial charge is 0.283 e. The van der Waals surface area contributed by atoms with E-state index in [2.05, 4.69) is 36.2 Å². The maximum Gasteiger partial charge on any atom is 0.187 e. The Balaban J connectivity index is 1.90. The molecule has 0 aliphatic carbocycles. The molecule has 4 aromatic rings. The Morgan fingerprint density at radius 1 is 0.889 bits per heavy atom. The van der Waals surface area contributed by atoms with E-state index in [4.69, 9.17) is 4.98 Å². The number of nitrogens with zero attached hydrogens (tertiary/aromatic N) is 4. The van der Waals surface area contributed by atoms with Gasteiger partial charge in [0.1, 0.15) is 17.2 Å². The van der Waals surface area contributed by atoms with Crippen LogP contribution < -0.4 is 0 Å². The van der Waals surface area contributed by atoms with Crippen LogP contribution in [0.2, 0.25) is 0 Å². The predicted octanol–water partition coefficient (Wildman–Crippen LogP) is 6.48. The maximum atomic E-state index is 13.4. The van der Waals surface area contributed by atoms with Gasteiger partial charge in [-0.1, -0.05) is 18.2 Å². The molecule has 2 aromatic heterocycles. The predicted molar refractivity (Wildman–Crippen MR) is 105 cm³/mol. The molecule has 0 fully saturated rings.